The monoisotopic (exact) mass is 604 g/mol. The summed E-state index contributed by atoms with van der Waals surface area (Å²) in [5, 5.41) is 47.9. The van der Waals surface area contributed by atoms with E-state index in [4.69, 9.17) is 5.11 Å². The molecule has 12 nitrogen and oxygen atoms in total. The highest BCUT2D eigenvalue weighted by molar-refractivity contribution is 5.88. The van der Waals surface area contributed by atoms with Gasteiger partial charge in [0.1, 0.15) is 11.8 Å². The molecule has 0 radical (unpaired) electrons. The molecule has 1 amide bonds. The average Bonchev–Trinajstić information content (AvgIpc) is 2.96. The Morgan fingerprint density at radius 3 is 1.91 bits per heavy atom. The van der Waals surface area contributed by atoms with Crippen molar-refractivity contribution >= 4 is 29.2 Å². The van der Waals surface area contributed by atoms with Gasteiger partial charge in [0.05, 0.1) is 10.8 Å². The first-order valence-electron chi connectivity index (χ1n) is 14.0. The van der Waals surface area contributed by atoms with Crippen LogP contribution in [0.4, 0.5) is 11.4 Å². The van der Waals surface area contributed by atoms with Crippen molar-refractivity contribution in [3.63, 3.8) is 0 Å². The number of amides is 1. The number of carbonyl (C=O) groups is 3. The van der Waals surface area contributed by atoms with E-state index in [-0.39, 0.29) is 30.3 Å². The molecule has 0 fully saturated rings. The third-order valence-electron chi connectivity index (χ3n) is 6.70. The summed E-state index contributed by atoms with van der Waals surface area (Å²) < 4.78 is 0. The van der Waals surface area contributed by atoms with E-state index in [1.165, 1.54) is 12.1 Å². The zero-order valence-corrected chi connectivity index (χ0v) is 24.4. The topological polar surface area (TPSA) is 191 Å². The predicted octanol–water partition coefficient (Wildman–Crippen LogP) is 4.95. The first-order valence-corrected chi connectivity index (χ1v) is 14.0. The lowest BCUT2D eigenvalue weighted by molar-refractivity contribution is -0.403. The number of anilines is 2. The second kappa shape index (κ2) is 15.7. The zero-order valence-electron chi connectivity index (χ0n) is 24.4. The molecule has 44 heavy (non-hydrogen) atoms. The van der Waals surface area contributed by atoms with Gasteiger partial charge in [0.25, 0.3) is 6.20 Å². The number of hydrogen-bond donors (Lipinski definition) is 6. The van der Waals surface area contributed by atoms with Gasteiger partial charge in [0, 0.05) is 24.2 Å². The predicted molar refractivity (Wildman–Crippen MR) is 165 cm³/mol. The molecule has 0 aromatic heterocycles. The maximum absolute atomic E-state index is 13.4. The lowest BCUT2D eigenvalue weighted by atomic mass is 9.89. The minimum absolute atomic E-state index is 0.00508. The third-order valence-corrected chi connectivity index (χ3v) is 6.70. The van der Waals surface area contributed by atoms with Crippen molar-refractivity contribution < 1.29 is 34.6 Å². The van der Waals surface area contributed by atoms with Crippen LogP contribution in [0.25, 0.3) is 0 Å². The Bertz CT molecular complexity index is 1470. The highest BCUT2D eigenvalue weighted by Gasteiger charge is 2.27. The Morgan fingerprint density at radius 2 is 1.41 bits per heavy atom. The number of aromatic hydroxyl groups is 1. The molecule has 0 spiro atoms. The van der Waals surface area contributed by atoms with Crippen LogP contribution >= 0.6 is 0 Å². The van der Waals surface area contributed by atoms with Crippen LogP contribution in [0, 0.1) is 16.0 Å². The number of rotatable bonds is 16. The minimum atomic E-state index is -1.18. The fourth-order valence-electron chi connectivity index (χ4n) is 4.52. The van der Waals surface area contributed by atoms with Crippen LogP contribution in [0.1, 0.15) is 49.3 Å². The summed E-state index contributed by atoms with van der Waals surface area (Å²) in [5.74, 6) is -2.91. The quantitative estimate of drug-likeness (QED) is 0.0741. The number of benzene rings is 3. The Morgan fingerprint density at radius 1 is 0.864 bits per heavy atom. The number of nitrogens with one attached hydrogen (secondary N) is 3. The van der Waals surface area contributed by atoms with E-state index < -0.39 is 34.7 Å². The molecule has 0 aliphatic heterocycles. The van der Waals surface area contributed by atoms with Crippen LogP contribution in [0.2, 0.25) is 0 Å². The van der Waals surface area contributed by atoms with Gasteiger partial charge < -0.3 is 31.3 Å². The molecular weight excluding hydrogens is 568 g/mol. The Hall–Kier alpha value is -5.39. The first kappa shape index (κ1) is 33.1. The van der Waals surface area contributed by atoms with E-state index in [0.29, 0.717) is 35.3 Å². The van der Waals surface area contributed by atoms with Gasteiger partial charge in [-0.05, 0) is 71.8 Å². The number of aryl methyl sites for hydroxylation is 1. The molecular formula is C32H36N4O8. The zero-order chi connectivity index (χ0) is 32.2. The molecule has 12 heteroatoms. The van der Waals surface area contributed by atoms with Crippen molar-refractivity contribution in [2.24, 2.45) is 5.92 Å². The van der Waals surface area contributed by atoms with E-state index in [1.807, 2.05) is 13.8 Å². The highest BCUT2D eigenvalue weighted by atomic mass is 16.6. The summed E-state index contributed by atoms with van der Waals surface area (Å²) in [5.41, 5.74) is 3.18. The van der Waals surface area contributed by atoms with Crippen LogP contribution in [0.3, 0.4) is 0 Å². The van der Waals surface area contributed by atoms with E-state index in [1.54, 1.807) is 60.7 Å². The number of phenols is 1. The van der Waals surface area contributed by atoms with Crippen LogP contribution in [0.15, 0.2) is 84.8 Å². The number of carboxylic acids is 2. The van der Waals surface area contributed by atoms with Gasteiger partial charge in [-0.25, -0.2) is 4.79 Å². The van der Waals surface area contributed by atoms with E-state index >= 15 is 0 Å². The molecule has 0 saturated carbocycles. The summed E-state index contributed by atoms with van der Waals surface area (Å²) in [7, 11) is 0. The van der Waals surface area contributed by atoms with Crippen LogP contribution < -0.4 is 16.0 Å². The number of nitro groups is 1. The number of phenolic OH excluding ortho intramolecular Hbond substituents is 1. The number of hydrogen-bond acceptors (Lipinski definition) is 8. The number of carboxylic acid groups (broad SMARTS) is 2. The molecule has 3 aromatic carbocycles. The molecule has 2 atom stereocenters. The second-order valence-corrected chi connectivity index (χ2v) is 10.7. The van der Waals surface area contributed by atoms with Crippen LogP contribution in [0.5, 0.6) is 5.75 Å². The van der Waals surface area contributed by atoms with E-state index in [2.05, 4.69) is 16.0 Å². The molecule has 0 saturated heterocycles. The number of nitrogens with zero attached hydrogens (tertiary/aromatic N) is 1. The van der Waals surface area contributed by atoms with E-state index in [9.17, 15) is 34.7 Å². The van der Waals surface area contributed by atoms with Crippen LogP contribution in [-0.2, 0) is 27.2 Å². The molecule has 3 rings (SSSR count). The van der Waals surface area contributed by atoms with Gasteiger partial charge in [-0.15, -0.1) is 0 Å². The lowest BCUT2D eigenvalue weighted by Crippen LogP contribution is -2.44. The van der Waals surface area contributed by atoms with Gasteiger partial charge in [-0.2, -0.15) is 0 Å². The molecule has 6 N–H and O–H groups in total. The fourth-order valence-corrected chi connectivity index (χ4v) is 4.52. The summed E-state index contributed by atoms with van der Waals surface area (Å²) in [6.45, 7) is 3.92. The second-order valence-electron chi connectivity index (χ2n) is 10.7. The fraction of sp³-hybridized carbons (Fsp3) is 0.281. The van der Waals surface area contributed by atoms with E-state index in [0.717, 1.165) is 11.8 Å². The molecule has 232 valence electrons. The summed E-state index contributed by atoms with van der Waals surface area (Å²) in [6.07, 6.45) is 1.64. The van der Waals surface area contributed by atoms with Crippen molar-refractivity contribution in [1.29, 1.82) is 0 Å². The molecule has 0 aliphatic carbocycles. The first-order chi connectivity index (χ1) is 20.9. The standard InChI is InChI=1S/C32H36N4O8/c1-20(2)17-27(31(40)35-28(32(41)42)18-22-5-3-21(4-6-22)7-16-30(38)39)23-8-10-24(11-9-23)33-29(19-36(43)44)34-25-12-14-26(37)15-13-25/h3-6,8-15,19-20,27-28,33-34,37H,7,16-18H2,1-2H3,(H,35,40)(H,38,39)(H,41,42). The molecule has 3 aromatic rings. The average molecular weight is 605 g/mol. The van der Waals surface area contributed by atoms with Crippen molar-refractivity contribution in [3.8, 4) is 5.75 Å². The number of aliphatic carboxylic acids is 2. The van der Waals surface area contributed by atoms with Gasteiger partial charge in [-0.3, -0.25) is 19.7 Å². The maximum Gasteiger partial charge on any atom is 0.326 e. The van der Waals surface area contributed by atoms with Crippen molar-refractivity contribution in [3.05, 3.63) is 112 Å². The summed E-state index contributed by atoms with van der Waals surface area (Å²) >= 11 is 0. The van der Waals surface area contributed by atoms with Gasteiger partial charge in [0.15, 0.2) is 5.82 Å². The Kier molecular flexibility index (Phi) is 11.8. The van der Waals surface area contributed by atoms with Crippen molar-refractivity contribution in [1.82, 2.24) is 5.32 Å². The summed E-state index contributed by atoms with van der Waals surface area (Å²) in [6, 6.07) is 18.6. The SMILES string of the molecule is CC(C)CC(C(=O)NC(Cc1ccc(CCC(=O)O)cc1)C(=O)O)c1ccc(NC(=C[N+](=O)[O-])Nc2ccc(O)cc2)cc1. The maximum atomic E-state index is 13.4. The summed E-state index contributed by atoms with van der Waals surface area (Å²) in [4.78, 5) is 46.9. The highest BCUT2D eigenvalue weighted by Crippen LogP contribution is 2.27. The minimum Gasteiger partial charge on any atom is -0.508 e. The van der Waals surface area contributed by atoms with Gasteiger partial charge in [-0.1, -0.05) is 50.2 Å². The van der Waals surface area contributed by atoms with Crippen molar-refractivity contribution in [2.45, 2.75) is 51.5 Å². The molecule has 0 aliphatic rings. The van der Waals surface area contributed by atoms with Crippen LogP contribution in [-0.4, -0.2) is 44.1 Å². The third kappa shape index (κ3) is 10.8. The molecule has 0 bridgehead atoms. The largest absolute Gasteiger partial charge is 0.508 e. The Labute approximate surface area is 254 Å². The Balaban J connectivity index is 1.73. The molecule has 2 unspecified atom stereocenters. The molecule has 0 heterocycles. The smallest absolute Gasteiger partial charge is 0.326 e. The lowest BCUT2D eigenvalue weighted by Gasteiger charge is -2.23. The van der Waals surface area contributed by atoms with Gasteiger partial charge in [0.2, 0.25) is 5.91 Å². The van der Waals surface area contributed by atoms with Crippen molar-refractivity contribution in [2.75, 3.05) is 10.6 Å². The normalized spacial score (nSPS) is 12.7. The van der Waals surface area contributed by atoms with Gasteiger partial charge >= 0.3 is 11.9 Å². The number of carbonyl (C=O) groups excluding carboxylic acids is 1.